The van der Waals surface area contributed by atoms with Crippen molar-refractivity contribution in [1.29, 1.82) is 0 Å². The SMILES string of the molecule is CC1CCCN1C=O.CCc1c(F)ccc2cc(O)cc(-c3ncc4c(N5CC6CC5CN6)nc(OC[C@H](C)OC)nc4c3OCc3ccc(-c4cn(C(C)C(C)C)nn4)cc3)c12.O=CNC(CO)c1ccc(-c2c(F)cc(F)cc2F)cc1. The van der Waals surface area contributed by atoms with E-state index in [1.807, 2.05) is 53.9 Å². The predicted octanol–water partition coefficient (Wildman–Crippen LogP) is 10.4. The molecule has 0 aliphatic carbocycles. The van der Waals surface area contributed by atoms with E-state index in [1.165, 1.54) is 43.2 Å². The van der Waals surface area contributed by atoms with Crippen LogP contribution in [-0.4, -0.2) is 122 Å². The molecule has 3 aliphatic heterocycles. The van der Waals surface area contributed by atoms with Crippen LogP contribution in [0.1, 0.15) is 89.6 Å². The van der Waals surface area contributed by atoms with Crippen molar-refractivity contribution in [2.75, 3.05) is 44.9 Å². The quantitative estimate of drug-likeness (QED) is 0.0440. The number of phenols is 1. The molecule has 2 amide bonds. The number of carbonyl (C=O) groups excluding carboxylic acids is 2. The van der Waals surface area contributed by atoms with E-state index in [-0.39, 0.29) is 66.7 Å². The van der Waals surface area contributed by atoms with Crippen LogP contribution in [0.3, 0.4) is 0 Å². The minimum Gasteiger partial charge on any atom is -0.508 e. The van der Waals surface area contributed by atoms with Crippen molar-refractivity contribution in [3.05, 3.63) is 137 Å². The average molecular weight is 1160 g/mol. The number of piperazine rings is 1. The topological polar surface area (TPSA) is 202 Å². The summed E-state index contributed by atoms with van der Waals surface area (Å²) < 4.78 is 76.0. The number of carbonyl (C=O) groups is 2. The fourth-order valence-electron chi connectivity index (χ4n) is 10.7. The second-order valence-electron chi connectivity index (χ2n) is 21.8. The maximum absolute atomic E-state index is 15.4. The normalized spacial score (nSPS) is 17.4. The number of rotatable bonds is 19. The minimum absolute atomic E-state index is 0.0286. The number of aromatic nitrogens is 6. The molecule has 6 heterocycles. The summed E-state index contributed by atoms with van der Waals surface area (Å²) in [6.07, 6.45) is 8.76. The number of hydrogen-bond donors (Lipinski definition) is 4. The molecule has 4 N–H and O–H groups in total. The largest absolute Gasteiger partial charge is 0.508 e. The third-order valence-corrected chi connectivity index (χ3v) is 15.9. The zero-order valence-electron chi connectivity index (χ0n) is 48.0. The molecule has 3 fully saturated rings. The highest BCUT2D eigenvalue weighted by Crippen LogP contribution is 2.45. The van der Waals surface area contributed by atoms with E-state index in [1.54, 1.807) is 31.5 Å². The Balaban J connectivity index is 0.000000239. The number of aromatic hydroxyl groups is 1. The van der Waals surface area contributed by atoms with Gasteiger partial charge in [-0.1, -0.05) is 80.6 Å². The minimum atomic E-state index is -0.995. The summed E-state index contributed by atoms with van der Waals surface area (Å²) in [6.45, 7) is 15.1. The number of anilines is 1. The van der Waals surface area contributed by atoms with E-state index in [4.69, 9.17) is 34.3 Å². The van der Waals surface area contributed by atoms with E-state index in [2.05, 4.69) is 53.5 Å². The summed E-state index contributed by atoms with van der Waals surface area (Å²) in [5.41, 5.74) is 5.11. The number of methoxy groups -OCH3 is 1. The van der Waals surface area contributed by atoms with Gasteiger partial charge in [-0.3, -0.25) is 14.6 Å². The second-order valence-corrected chi connectivity index (χ2v) is 21.8. The molecule has 11 rings (SSSR count). The first-order chi connectivity index (χ1) is 40.5. The van der Waals surface area contributed by atoms with Crippen molar-refractivity contribution in [1.82, 2.24) is 45.5 Å². The fourth-order valence-corrected chi connectivity index (χ4v) is 10.7. The van der Waals surface area contributed by atoms with E-state index in [0.717, 1.165) is 49.3 Å². The number of fused-ring (bicyclic) bond motifs is 4. The number of benzene rings is 5. The van der Waals surface area contributed by atoms with E-state index >= 15 is 4.39 Å². The molecule has 0 radical (unpaired) electrons. The number of likely N-dealkylation sites (tertiary alicyclic amines) is 1. The molecule has 3 aliphatic rings. The average Bonchev–Trinajstić information content (AvgIpc) is 1.59. The van der Waals surface area contributed by atoms with Crippen LogP contribution in [0.5, 0.6) is 17.5 Å². The summed E-state index contributed by atoms with van der Waals surface area (Å²) in [5, 5.41) is 37.0. The van der Waals surface area contributed by atoms with Crippen molar-refractivity contribution in [3.8, 4) is 51.2 Å². The summed E-state index contributed by atoms with van der Waals surface area (Å²) in [4.78, 5) is 39.6. The van der Waals surface area contributed by atoms with Gasteiger partial charge >= 0.3 is 6.01 Å². The van der Waals surface area contributed by atoms with Gasteiger partial charge in [0.2, 0.25) is 12.8 Å². The highest BCUT2D eigenvalue weighted by molar-refractivity contribution is 6.04. The highest BCUT2D eigenvalue weighted by atomic mass is 19.1. The van der Waals surface area contributed by atoms with Gasteiger partial charge in [-0.05, 0) is 104 Å². The fraction of sp³-hybridized carbons (Fsp3) is 0.381. The monoisotopic (exact) mass is 1150 g/mol. The Morgan fingerprint density at radius 2 is 1.64 bits per heavy atom. The van der Waals surface area contributed by atoms with Gasteiger partial charge in [0.1, 0.15) is 65.0 Å². The Kier molecular flexibility index (Phi) is 19.4. The van der Waals surface area contributed by atoms with Gasteiger partial charge in [0.05, 0.1) is 41.9 Å². The van der Waals surface area contributed by atoms with Gasteiger partial charge < -0.3 is 44.9 Å². The van der Waals surface area contributed by atoms with E-state index in [9.17, 15) is 27.9 Å². The second kappa shape index (κ2) is 27.0. The van der Waals surface area contributed by atoms with Crippen molar-refractivity contribution in [3.63, 3.8) is 0 Å². The number of aliphatic hydroxyl groups excluding tert-OH is 1. The molecule has 0 saturated carbocycles. The molecular formula is C63H70F4N10O7. The number of halogens is 4. The van der Waals surface area contributed by atoms with Gasteiger partial charge in [-0.25, -0.2) is 22.2 Å². The van der Waals surface area contributed by atoms with Gasteiger partial charge in [0, 0.05) is 74.3 Å². The Bertz CT molecular complexity index is 3570. The van der Waals surface area contributed by atoms with Crippen LogP contribution in [0.4, 0.5) is 23.4 Å². The number of hydrogen-bond acceptors (Lipinski definition) is 14. The predicted molar refractivity (Wildman–Crippen MR) is 312 cm³/mol. The lowest BCUT2D eigenvalue weighted by molar-refractivity contribution is -0.118. The van der Waals surface area contributed by atoms with Crippen molar-refractivity contribution >= 4 is 40.3 Å². The van der Waals surface area contributed by atoms with Crippen LogP contribution < -0.4 is 25.0 Å². The molecule has 21 heteroatoms. The van der Waals surface area contributed by atoms with Crippen LogP contribution in [0.25, 0.3) is 55.3 Å². The molecule has 5 aromatic carbocycles. The number of aryl methyl sites for hydroxylation is 1. The van der Waals surface area contributed by atoms with Gasteiger partial charge in [0.25, 0.3) is 0 Å². The number of nitrogens with zero attached hydrogens (tertiary/aromatic N) is 8. The summed E-state index contributed by atoms with van der Waals surface area (Å²) in [6, 6.07) is 22.5. The number of nitrogens with one attached hydrogen (secondary N) is 2. The Morgan fingerprint density at radius 1 is 0.905 bits per heavy atom. The molecule has 6 atom stereocenters. The first kappa shape index (κ1) is 60.3. The number of aliphatic hydroxyl groups is 1. The molecule has 2 bridgehead atoms. The molecule has 84 heavy (non-hydrogen) atoms. The lowest BCUT2D eigenvalue weighted by Crippen LogP contribution is -2.44. The number of amides is 2. The standard InChI is InChI=1S/C42H47FN8O4.C15H12F3NO2.C6H11NO/c1-7-32-35(43)13-12-28-14-31(52)16-33(37(28)32)38-40(54-22-26-8-10-27(11-9-26)36-20-51(49-48-36)25(5)23(2)3)39-34(18-45-38)41(50-19-29-15-30(50)17-44-29)47-42(46-39)55-21-24(4)53-6;16-11-5-12(17)15(13(18)6-11)10-3-1-9(2-4-10)14(7-20)19-8-21;1-6-3-2-4-7(6)5-8/h8-14,16,18,20,23-25,29-30,44,52H,7,15,17,19,21-22H2,1-6H3;1-6,8,14,20H,7H2,(H,19,21);5-6H,2-4H2,1H3/t24-,25?,29?,30?;;/m0../s1. The van der Waals surface area contributed by atoms with Crippen LogP contribution in [0, 0.1) is 29.2 Å². The molecule has 3 saturated heterocycles. The molecule has 0 spiro atoms. The zero-order valence-corrected chi connectivity index (χ0v) is 48.0. The molecular weight excluding hydrogens is 1080 g/mol. The lowest BCUT2D eigenvalue weighted by Gasteiger charge is -2.29. The van der Waals surface area contributed by atoms with Gasteiger partial charge in [-0.15, -0.1) is 5.10 Å². The first-order valence-electron chi connectivity index (χ1n) is 28.2. The first-order valence-corrected chi connectivity index (χ1v) is 28.2. The van der Waals surface area contributed by atoms with Crippen LogP contribution in [-0.2, 0) is 27.4 Å². The van der Waals surface area contributed by atoms with E-state index in [0.29, 0.717) is 98.6 Å². The van der Waals surface area contributed by atoms with Crippen molar-refractivity contribution in [2.45, 2.75) is 110 Å². The molecule has 8 aromatic rings. The number of phenolic OH excluding ortho intramolecular Hbond substituents is 1. The molecule has 17 nitrogen and oxygen atoms in total. The molecule has 5 unspecified atom stereocenters. The van der Waals surface area contributed by atoms with Gasteiger partial charge in [-0.2, -0.15) is 9.97 Å². The highest BCUT2D eigenvalue weighted by Gasteiger charge is 2.40. The smallest absolute Gasteiger partial charge is 0.319 e. The third-order valence-electron chi connectivity index (χ3n) is 15.9. The summed E-state index contributed by atoms with van der Waals surface area (Å²) in [7, 11) is 1.63. The van der Waals surface area contributed by atoms with Crippen LogP contribution in [0.15, 0.2) is 97.3 Å². The molecule has 3 aromatic heterocycles. The summed E-state index contributed by atoms with van der Waals surface area (Å²) in [5.74, 6) is -1.76. The summed E-state index contributed by atoms with van der Waals surface area (Å²) >= 11 is 0. The zero-order chi connectivity index (χ0) is 59.8. The third kappa shape index (κ3) is 13.4. The Morgan fingerprint density at radius 3 is 2.25 bits per heavy atom. The van der Waals surface area contributed by atoms with E-state index < -0.39 is 23.5 Å². The number of ether oxygens (including phenoxy) is 3. The molecule has 442 valence electrons. The Labute approximate surface area is 485 Å². The van der Waals surface area contributed by atoms with Crippen molar-refractivity contribution < 1.29 is 51.6 Å². The lowest BCUT2D eigenvalue weighted by atomic mass is 9.94. The van der Waals surface area contributed by atoms with Crippen LogP contribution in [0.2, 0.25) is 0 Å². The Hall–Kier alpha value is -8.27. The van der Waals surface area contributed by atoms with Gasteiger partial charge in [0.15, 0.2) is 5.75 Å². The number of pyridine rings is 1. The maximum atomic E-state index is 15.4. The van der Waals surface area contributed by atoms with Crippen LogP contribution >= 0.6 is 0 Å². The van der Waals surface area contributed by atoms with Crippen molar-refractivity contribution in [2.24, 2.45) is 5.92 Å². The maximum Gasteiger partial charge on any atom is 0.319 e.